The Hall–Kier alpha value is -4.33. The molecule has 8 heteroatoms. The molecule has 32 heavy (non-hydrogen) atoms. The van der Waals surface area contributed by atoms with Gasteiger partial charge in [0, 0.05) is 0 Å². The van der Waals surface area contributed by atoms with Crippen LogP contribution in [0.3, 0.4) is 0 Å². The van der Waals surface area contributed by atoms with Crippen LogP contribution in [-0.2, 0) is 16.2 Å². The van der Waals surface area contributed by atoms with E-state index >= 15 is 0 Å². The first-order chi connectivity index (χ1) is 15.4. The van der Waals surface area contributed by atoms with E-state index in [1.807, 2.05) is 0 Å². The van der Waals surface area contributed by atoms with Crippen LogP contribution in [0.15, 0.2) is 78.4 Å². The molecule has 0 aromatic heterocycles. The van der Waals surface area contributed by atoms with E-state index in [4.69, 9.17) is 4.74 Å². The van der Waals surface area contributed by atoms with Crippen molar-refractivity contribution in [2.24, 2.45) is 0 Å². The lowest BCUT2D eigenvalue weighted by molar-refractivity contribution is -0.122. The van der Waals surface area contributed by atoms with Crippen LogP contribution < -0.4 is 15.0 Å². The first-order valence-electron chi connectivity index (χ1n) is 9.55. The van der Waals surface area contributed by atoms with Gasteiger partial charge in [0.15, 0.2) is 0 Å². The summed E-state index contributed by atoms with van der Waals surface area (Å²) >= 11 is 0. The molecule has 160 valence electrons. The average molecular weight is 434 g/mol. The number of benzene rings is 3. The molecular formula is C24H16F2N2O4. The molecule has 1 aliphatic heterocycles. The zero-order chi connectivity index (χ0) is 22.7. The molecule has 3 aromatic rings. The van der Waals surface area contributed by atoms with Crippen molar-refractivity contribution in [3.8, 4) is 5.75 Å². The minimum absolute atomic E-state index is 0.136. The number of nitrogens with zero attached hydrogens (tertiary/aromatic N) is 1. The summed E-state index contributed by atoms with van der Waals surface area (Å²) in [5.41, 5.74) is 1.23. The Balaban J connectivity index is 1.50. The van der Waals surface area contributed by atoms with Gasteiger partial charge in [-0.2, -0.15) is 0 Å². The van der Waals surface area contributed by atoms with Gasteiger partial charge in [-0.15, -0.1) is 0 Å². The number of ether oxygens (including phenoxy) is 1. The molecule has 0 radical (unpaired) electrons. The average Bonchev–Trinajstić information content (AvgIpc) is 2.78. The Morgan fingerprint density at radius 3 is 2.03 bits per heavy atom. The van der Waals surface area contributed by atoms with E-state index in [9.17, 15) is 23.2 Å². The monoisotopic (exact) mass is 434 g/mol. The van der Waals surface area contributed by atoms with Crippen LogP contribution in [0.25, 0.3) is 6.08 Å². The topological polar surface area (TPSA) is 75.7 Å². The van der Waals surface area contributed by atoms with Gasteiger partial charge in [-0.05, 0) is 65.7 Å². The number of barbiturate groups is 1. The second-order valence-electron chi connectivity index (χ2n) is 6.92. The molecule has 3 aromatic carbocycles. The van der Waals surface area contributed by atoms with E-state index in [0.717, 1.165) is 22.6 Å². The number of imide groups is 2. The van der Waals surface area contributed by atoms with Crippen molar-refractivity contribution < 1.29 is 27.9 Å². The molecule has 0 spiro atoms. The fraction of sp³-hybridized carbons (Fsp3) is 0.0417. The lowest BCUT2D eigenvalue weighted by atomic mass is 10.1. The number of carbonyl (C=O) groups excluding carboxylic acids is 3. The minimum atomic E-state index is -0.909. The smallest absolute Gasteiger partial charge is 0.335 e. The lowest BCUT2D eigenvalue weighted by Gasteiger charge is -2.26. The van der Waals surface area contributed by atoms with E-state index in [1.54, 1.807) is 36.4 Å². The zero-order valence-corrected chi connectivity index (χ0v) is 16.5. The zero-order valence-electron chi connectivity index (χ0n) is 16.5. The van der Waals surface area contributed by atoms with Crippen LogP contribution in [0.1, 0.15) is 11.1 Å². The van der Waals surface area contributed by atoms with Gasteiger partial charge in [0.05, 0.1) is 5.69 Å². The van der Waals surface area contributed by atoms with Crippen LogP contribution >= 0.6 is 0 Å². The number of amides is 4. The molecule has 1 N–H and O–H groups in total. The van der Waals surface area contributed by atoms with Gasteiger partial charge < -0.3 is 4.74 Å². The standard InChI is InChI=1S/C24H16F2N2O4/c25-17-5-1-16(2-6-17)14-32-20-11-3-15(4-12-20)13-21-22(29)27-24(31)28(23(21)30)19-9-7-18(26)8-10-19/h1-13H,14H2,(H,27,29,31)/b21-13+. The van der Waals surface area contributed by atoms with Gasteiger partial charge in [-0.3, -0.25) is 14.9 Å². The molecule has 0 bridgehead atoms. The van der Waals surface area contributed by atoms with Crippen molar-refractivity contribution in [1.29, 1.82) is 0 Å². The largest absolute Gasteiger partial charge is 0.489 e. The molecule has 4 rings (SSSR count). The molecule has 4 amide bonds. The number of anilines is 1. The number of urea groups is 1. The number of halogens is 2. The number of hydrogen-bond acceptors (Lipinski definition) is 4. The van der Waals surface area contributed by atoms with Crippen LogP contribution in [0.2, 0.25) is 0 Å². The summed E-state index contributed by atoms with van der Waals surface area (Å²) < 4.78 is 31.8. The maximum absolute atomic E-state index is 13.2. The molecule has 0 unspecified atom stereocenters. The third-order valence-corrected chi connectivity index (χ3v) is 4.70. The lowest BCUT2D eigenvalue weighted by Crippen LogP contribution is -2.54. The van der Waals surface area contributed by atoms with Crippen molar-refractivity contribution in [3.63, 3.8) is 0 Å². The summed E-state index contributed by atoms with van der Waals surface area (Å²) in [5.74, 6) is -1.95. The maximum Gasteiger partial charge on any atom is 0.335 e. The molecule has 6 nitrogen and oxygen atoms in total. The van der Waals surface area contributed by atoms with Gasteiger partial charge in [0.25, 0.3) is 11.8 Å². The highest BCUT2D eigenvalue weighted by Gasteiger charge is 2.36. The fourth-order valence-electron chi connectivity index (χ4n) is 3.06. The van der Waals surface area contributed by atoms with Gasteiger partial charge in [0.2, 0.25) is 0 Å². The van der Waals surface area contributed by atoms with Crippen molar-refractivity contribution in [1.82, 2.24) is 5.32 Å². The second-order valence-corrected chi connectivity index (χ2v) is 6.92. The van der Waals surface area contributed by atoms with Crippen LogP contribution in [0.4, 0.5) is 19.3 Å². The molecular weight excluding hydrogens is 418 g/mol. The number of nitrogens with one attached hydrogen (secondary N) is 1. The van der Waals surface area contributed by atoms with Crippen molar-refractivity contribution >= 4 is 29.6 Å². The first-order valence-corrected chi connectivity index (χ1v) is 9.55. The number of carbonyl (C=O) groups is 3. The molecule has 0 saturated carbocycles. The third kappa shape index (κ3) is 4.54. The molecule has 1 saturated heterocycles. The molecule has 1 heterocycles. The summed E-state index contributed by atoms with van der Waals surface area (Å²) in [6.07, 6.45) is 1.35. The van der Waals surface area contributed by atoms with Crippen molar-refractivity contribution in [2.75, 3.05) is 4.90 Å². The highest BCUT2D eigenvalue weighted by Crippen LogP contribution is 2.23. The molecule has 1 fully saturated rings. The van der Waals surface area contributed by atoms with Gasteiger partial charge in [0.1, 0.15) is 29.6 Å². The minimum Gasteiger partial charge on any atom is -0.489 e. The number of rotatable bonds is 5. The quantitative estimate of drug-likeness (QED) is 0.482. The fourth-order valence-corrected chi connectivity index (χ4v) is 3.06. The molecule has 1 aliphatic rings. The predicted molar refractivity (Wildman–Crippen MR) is 113 cm³/mol. The van der Waals surface area contributed by atoms with Crippen molar-refractivity contribution in [2.45, 2.75) is 6.61 Å². The Morgan fingerprint density at radius 2 is 1.41 bits per heavy atom. The van der Waals surface area contributed by atoms with E-state index in [-0.39, 0.29) is 23.7 Å². The summed E-state index contributed by atoms with van der Waals surface area (Å²) in [4.78, 5) is 38.0. The summed E-state index contributed by atoms with van der Waals surface area (Å²) in [6, 6.07) is 16.4. The van der Waals surface area contributed by atoms with E-state index in [2.05, 4.69) is 5.32 Å². The summed E-state index contributed by atoms with van der Waals surface area (Å²) in [7, 11) is 0. The highest BCUT2D eigenvalue weighted by atomic mass is 19.1. The van der Waals surface area contributed by atoms with E-state index in [0.29, 0.717) is 11.3 Å². The Labute approximate surface area is 181 Å². The summed E-state index contributed by atoms with van der Waals surface area (Å²) in [6.45, 7) is 0.246. The Kier molecular flexibility index (Phi) is 5.76. The van der Waals surface area contributed by atoms with Crippen LogP contribution in [0, 0.1) is 11.6 Å². The highest BCUT2D eigenvalue weighted by molar-refractivity contribution is 6.39. The Morgan fingerprint density at radius 1 is 0.812 bits per heavy atom. The maximum atomic E-state index is 13.2. The van der Waals surface area contributed by atoms with Gasteiger partial charge in [-0.25, -0.2) is 18.5 Å². The summed E-state index contributed by atoms with van der Waals surface area (Å²) in [5, 5.41) is 2.11. The third-order valence-electron chi connectivity index (χ3n) is 4.70. The number of hydrogen-bond donors (Lipinski definition) is 1. The Bertz CT molecular complexity index is 1200. The van der Waals surface area contributed by atoms with Crippen LogP contribution in [-0.4, -0.2) is 17.8 Å². The van der Waals surface area contributed by atoms with Gasteiger partial charge >= 0.3 is 6.03 Å². The van der Waals surface area contributed by atoms with Crippen LogP contribution in [0.5, 0.6) is 5.75 Å². The molecule has 0 atom stereocenters. The predicted octanol–water partition coefficient (Wildman–Crippen LogP) is 4.21. The van der Waals surface area contributed by atoms with E-state index in [1.165, 1.54) is 30.3 Å². The van der Waals surface area contributed by atoms with Crippen molar-refractivity contribution in [3.05, 3.63) is 101 Å². The molecule has 0 aliphatic carbocycles. The first kappa shape index (κ1) is 20.9. The SMILES string of the molecule is O=C1NC(=O)N(c2ccc(F)cc2)C(=O)/C1=C/c1ccc(OCc2ccc(F)cc2)cc1. The van der Waals surface area contributed by atoms with E-state index < -0.39 is 23.7 Å². The normalized spacial score (nSPS) is 15.1. The second kappa shape index (κ2) is 8.81. The van der Waals surface area contributed by atoms with Gasteiger partial charge in [-0.1, -0.05) is 24.3 Å².